The van der Waals surface area contributed by atoms with Crippen LogP contribution < -0.4 is 5.32 Å². The Morgan fingerprint density at radius 1 is 1.32 bits per heavy atom. The molecule has 0 spiro atoms. The molecule has 2 aliphatic rings. The molecule has 0 bridgehead atoms. The topological polar surface area (TPSA) is 83.6 Å². The first-order chi connectivity index (χ1) is 10.4. The van der Waals surface area contributed by atoms with Crippen molar-refractivity contribution in [1.82, 2.24) is 4.90 Å². The van der Waals surface area contributed by atoms with Gasteiger partial charge in [-0.25, -0.2) is 8.42 Å². The van der Waals surface area contributed by atoms with Gasteiger partial charge in [0.15, 0.2) is 9.84 Å². The van der Waals surface area contributed by atoms with E-state index < -0.39 is 15.8 Å². The zero-order valence-electron chi connectivity index (χ0n) is 12.3. The second kappa shape index (κ2) is 5.39. The Balaban J connectivity index is 1.85. The number of hydrogen-bond acceptors (Lipinski definition) is 4. The Morgan fingerprint density at radius 2 is 2.05 bits per heavy atom. The molecule has 22 heavy (non-hydrogen) atoms. The van der Waals surface area contributed by atoms with Crippen molar-refractivity contribution in [1.29, 1.82) is 0 Å². The highest BCUT2D eigenvalue weighted by molar-refractivity contribution is 7.91. The fourth-order valence-corrected chi connectivity index (χ4v) is 4.91. The third-order valence-electron chi connectivity index (χ3n) is 4.40. The molecule has 0 aliphatic carbocycles. The van der Waals surface area contributed by atoms with E-state index in [0.717, 1.165) is 5.56 Å². The van der Waals surface area contributed by atoms with Crippen molar-refractivity contribution in [2.45, 2.75) is 24.8 Å². The maximum Gasteiger partial charge on any atom is 0.230 e. The van der Waals surface area contributed by atoms with Crippen LogP contribution in [0.4, 0.5) is 5.69 Å². The number of hydrogen-bond donors (Lipinski definition) is 1. The SMILES string of the molecule is CN(C(=O)[C@@H]1CC(=O)Nc2ccccc21)[C@@H]1CCS(=O)(=O)C1. The summed E-state index contributed by atoms with van der Waals surface area (Å²) in [4.78, 5) is 26.1. The first kappa shape index (κ1) is 15.0. The summed E-state index contributed by atoms with van der Waals surface area (Å²) in [5.74, 6) is -0.792. The van der Waals surface area contributed by atoms with E-state index in [1.54, 1.807) is 19.2 Å². The van der Waals surface area contributed by atoms with Crippen molar-refractivity contribution in [2.75, 3.05) is 23.9 Å². The van der Waals surface area contributed by atoms with Crippen molar-refractivity contribution >= 4 is 27.3 Å². The maximum atomic E-state index is 12.8. The molecule has 2 atom stereocenters. The Labute approximate surface area is 129 Å². The molecule has 1 N–H and O–H groups in total. The van der Waals surface area contributed by atoms with Gasteiger partial charge in [0.1, 0.15) is 0 Å². The van der Waals surface area contributed by atoms with Gasteiger partial charge in [-0.15, -0.1) is 0 Å². The average Bonchev–Trinajstić information content (AvgIpc) is 2.85. The number of nitrogens with zero attached hydrogens (tertiary/aromatic N) is 1. The first-order valence-corrected chi connectivity index (χ1v) is 9.05. The van der Waals surface area contributed by atoms with Crippen molar-refractivity contribution in [3.8, 4) is 0 Å². The van der Waals surface area contributed by atoms with Gasteiger partial charge in [-0.2, -0.15) is 0 Å². The minimum absolute atomic E-state index is 0.00973. The van der Waals surface area contributed by atoms with Crippen LogP contribution in [-0.2, 0) is 19.4 Å². The number of likely N-dealkylation sites (N-methyl/N-ethyl adjacent to an activating group) is 1. The van der Waals surface area contributed by atoms with Crippen molar-refractivity contribution in [3.05, 3.63) is 29.8 Å². The summed E-state index contributed by atoms with van der Waals surface area (Å²) in [6.45, 7) is 0. The lowest BCUT2D eigenvalue weighted by atomic mass is 9.89. The van der Waals surface area contributed by atoms with E-state index in [2.05, 4.69) is 5.32 Å². The predicted octanol–water partition coefficient (Wildman–Crippen LogP) is 0.758. The van der Waals surface area contributed by atoms with Gasteiger partial charge in [0.05, 0.1) is 17.4 Å². The van der Waals surface area contributed by atoms with Crippen molar-refractivity contribution in [3.63, 3.8) is 0 Å². The Morgan fingerprint density at radius 3 is 2.73 bits per heavy atom. The first-order valence-electron chi connectivity index (χ1n) is 7.23. The van der Waals surface area contributed by atoms with E-state index in [1.807, 2.05) is 12.1 Å². The number of rotatable bonds is 2. The number of benzene rings is 1. The molecule has 0 saturated carbocycles. The number of carbonyl (C=O) groups is 2. The number of nitrogens with one attached hydrogen (secondary N) is 1. The number of para-hydroxylation sites is 1. The zero-order chi connectivity index (χ0) is 15.9. The Hall–Kier alpha value is -1.89. The van der Waals surface area contributed by atoms with Crippen LogP contribution in [0.1, 0.15) is 24.3 Å². The third kappa shape index (κ3) is 2.72. The second-order valence-corrected chi connectivity index (χ2v) is 8.13. The quantitative estimate of drug-likeness (QED) is 0.871. The lowest BCUT2D eigenvalue weighted by Gasteiger charge is -2.31. The monoisotopic (exact) mass is 322 g/mol. The molecule has 0 unspecified atom stereocenters. The van der Waals surface area contributed by atoms with Crippen LogP contribution in [-0.4, -0.2) is 49.7 Å². The predicted molar refractivity (Wildman–Crippen MR) is 82.3 cm³/mol. The minimum atomic E-state index is -3.05. The Kier molecular flexibility index (Phi) is 3.68. The highest BCUT2D eigenvalue weighted by Gasteiger charge is 2.38. The molecule has 2 amide bonds. The molecule has 1 aromatic rings. The molecule has 1 saturated heterocycles. The molecular weight excluding hydrogens is 304 g/mol. The second-order valence-electron chi connectivity index (χ2n) is 5.90. The van der Waals surface area contributed by atoms with Gasteiger partial charge in [-0.1, -0.05) is 18.2 Å². The van der Waals surface area contributed by atoms with Crippen LogP contribution in [0.15, 0.2) is 24.3 Å². The van der Waals surface area contributed by atoms with Gasteiger partial charge < -0.3 is 10.2 Å². The molecule has 2 aliphatic heterocycles. The van der Waals surface area contributed by atoms with Crippen LogP contribution in [0.2, 0.25) is 0 Å². The third-order valence-corrected chi connectivity index (χ3v) is 6.15. The van der Waals surface area contributed by atoms with E-state index in [9.17, 15) is 18.0 Å². The molecule has 3 rings (SSSR count). The van der Waals surface area contributed by atoms with Crippen LogP contribution >= 0.6 is 0 Å². The molecule has 2 heterocycles. The molecule has 1 aromatic carbocycles. The molecule has 6 nitrogen and oxygen atoms in total. The summed E-state index contributed by atoms with van der Waals surface area (Å²) < 4.78 is 23.2. The van der Waals surface area contributed by atoms with E-state index in [0.29, 0.717) is 12.1 Å². The average molecular weight is 322 g/mol. The smallest absolute Gasteiger partial charge is 0.230 e. The van der Waals surface area contributed by atoms with Gasteiger partial charge in [-0.3, -0.25) is 9.59 Å². The van der Waals surface area contributed by atoms with Crippen LogP contribution in [0, 0.1) is 0 Å². The summed E-state index contributed by atoms with van der Waals surface area (Å²) in [5.41, 5.74) is 1.45. The van der Waals surface area contributed by atoms with E-state index in [-0.39, 0.29) is 35.8 Å². The lowest BCUT2D eigenvalue weighted by Crippen LogP contribution is -2.42. The minimum Gasteiger partial charge on any atom is -0.341 e. The molecule has 1 fully saturated rings. The summed E-state index contributed by atoms with van der Waals surface area (Å²) in [6, 6.07) is 6.94. The number of fused-ring (bicyclic) bond motifs is 1. The standard InChI is InChI=1S/C15H18N2O4S/c1-17(10-6-7-22(20,21)9-10)15(19)12-8-14(18)16-13-5-3-2-4-11(12)13/h2-5,10,12H,6-9H2,1H3,(H,16,18)/t10-,12-/m1/s1. The summed E-state index contributed by atoms with van der Waals surface area (Å²) in [7, 11) is -1.42. The van der Waals surface area contributed by atoms with Crippen LogP contribution in [0.3, 0.4) is 0 Å². The summed E-state index contributed by atoms with van der Waals surface area (Å²) >= 11 is 0. The number of sulfone groups is 1. The van der Waals surface area contributed by atoms with Crippen molar-refractivity contribution < 1.29 is 18.0 Å². The van der Waals surface area contributed by atoms with E-state index in [1.165, 1.54) is 4.90 Å². The van der Waals surface area contributed by atoms with Gasteiger partial charge in [0.2, 0.25) is 11.8 Å². The van der Waals surface area contributed by atoms with E-state index in [4.69, 9.17) is 0 Å². The van der Waals surface area contributed by atoms with Crippen LogP contribution in [0.25, 0.3) is 0 Å². The maximum absolute atomic E-state index is 12.8. The number of amides is 2. The normalized spacial score (nSPS) is 26.1. The molecule has 0 aromatic heterocycles. The molecule has 118 valence electrons. The highest BCUT2D eigenvalue weighted by atomic mass is 32.2. The van der Waals surface area contributed by atoms with Crippen molar-refractivity contribution in [2.24, 2.45) is 0 Å². The summed E-state index contributed by atoms with van der Waals surface area (Å²) in [6.07, 6.45) is 0.560. The zero-order valence-corrected chi connectivity index (χ0v) is 13.1. The number of anilines is 1. The molecular formula is C15H18N2O4S. The Bertz CT molecular complexity index is 729. The fourth-order valence-electron chi connectivity index (χ4n) is 3.14. The van der Waals surface area contributed by atoms with Gasteiger partial charge in [0.25, 0.3) is 0 Å². The van der Waals surface area contributed by atoms with Gasteiger partial charge >= 0.3 is 0 Å². The largest absolute Gasteiger partial charge is 0.341 e. The van der Waals surface area contributed by atoms with Crippen LogP contribution in [0.5, 0.6) is 0 Å². The van der Waals surface area contributed by atoms with Gasteiger partial charge in [-0.05, 0) is 18.1 Å². The lowest BCUT2D eigenvalue weighted by molar-refractivity contribution is -0.135. The number of carbonyl (C=O) groups excluding carboxylic acids is 2. The molecule has 7 heteroatoms. The highest BCUT2D eigenvalue weighted by Crippen LogP contribution is 2.34. The van der Waals surface area contributed by atoms with E-state index >= 15 is 0 Å². The summed E-state index contributed by atoms with van der Waals surface area (Å²) in [5, 5.41) is 2.76. The van der Waals surface area contributed by atoms with Gasteiger partial charge in [0, 0.05) is 25.2 Å². The molecule has 0 radical (unpaired) electrons. The fraction of sp³-hybridized carbons (Fsp3) is 0.467.